The van der Waals surface area contributed by atoms with Crippen LogP contribution in [0.25, 0.3) is 0 Å². The minimum absolute atomic E-state index is 0.0327. The summed E-state index contributed by atoms with van der Waals surface area (Å²) in [6, 6.07) is 4.85. The van der Waals surface area contributed by atoms with Gasteiger partial charge in [0, 0.05) is 0 Å². The third-order valence-corrected chi connectivity index (χ3v) is 3.29. The molecule has 1 N–H and O–H groups in total. The fourth-order valence-electron chi connectivity index (χ4n) is 2.35. The third kappa shape index (κ3) is 1.82. The monoisotopic (exact) mass is 244 g/mol. The average Bonchev–Trinajstić information content (AvgIpc) is 2.35. The smallest absolute Gasteiger partial charge is 0.180 e. The van der Waals surface area contributed by atoms with E-state index in [2.05, 4.69) is 13.2 Å². The number of fused-ring (bicyclic) bond motifs is 1. The van der Waals surface area contributed by atoms with Gasteiger partial charge in [-0.2, -0.15) is 0 Å². The van der Waals surface area contributed by atoms with Crippen molar-refractivity contribution < 1.29 is 14.6 Å². The highest BCUT2D eigenvalue weighted by Crippen LogP contribution is 2.43. The first-order chi connectivity index (χ1) is 8.64. The molecule has 0 bridgehead atoms. The lowest BCUT2D eigenvalue weighted by Gasteiger charge is -2.35. The van der Waals surface area contributed by atoms with Crippen LogP contribution in [0.1, 0.15) is 23.2 Å². The van der Waals surface area contributed by atoms with Crippen LogP contribution in [-0.4, -0.2) is 17.5 Å². The molecule has 1 aliphatic heterocycles. The first-order valence-electron chi connectivity index (χ1n) is 5.86. The van der Waals surface area contributed by atoms with E-state index in [1.807, 2.05) is 0 Å². The van der Waals surface area contributed by atoms with E-state index in [1.54, 1.807) is 24.3 Å². The van der Waals surface area contributed by atoms with Gasteiger partial charge in [-0.15, -0.1) is 13.2 Å². The molecular weight excluding hydrogens is 228 g/mol. The molecule has 0 radical (unpaired) electrons. The summed E-state index contributed by atoms with van der Waals surface area (Å²) >= 11 is 0. The Morgan fingerprint density at radius 2 is 2.00 bits per heavy atom. The number of allylic oxidation sites excluding steroid dienone is 2. The minimum Gasteiger partial charge on any atom is -0.507 e. The SMILES string of the molecule is C=CCC1(CC=C)COc2cccc(O)c2C1=O. The van der Waals surface area contributed by atoms with Gasteiger partial charge in [0.05, 0.1) is 5.41 Å². The summed E-state index contributed by atoms with van der Waals surface area (Å²) in [7, 11) is 0. The molecule has 0 unspecified atom stereocenters. The molecular formula is C15H16O3. The van der Waals surface area contributed by atoms with Gasteiger partial charge < -0.3 is 9.84 Å². The summed E-state index contributed by atoms with van der Waals surface area (Å²) < 4.78 is 5.62. The Bertz CT molecular complexity index is 492. The van der Waals surface area contributed by atoms with Crippen LogP contribution < -0.4 is 4.74 Å². The fraction of sp³-hybridized carbons (Fsp3) is 0.267. The van der Waals surface area contributed by atoms with Gasteiger partial charge in [0.25, 0.3) is 0 Å². The van der Waals surface area contributed by atoms with Crippen LogP contribution in [0.4, 0.5) is 0 Å². The van der Waals surface area contributed by atoms with Gasteiger partial charge >= 0.3 is 0 Å². The Kier molecular flexibility index (Phi) is 3.24. The zero-order valence-electron chi connectivity index (χ0n) is 10.2. The lowest BCUT2D eigenvalue weighted by atomic mass is 9.74. The summed E-state index contributed by atoms with van der Waals surface area (Å²) in [6.45, 7) is 7.67. The van der Waals surface area contributed by atoms with E-state index in [9.17, 15) is 9.90 Å². The number of hydrogen-bond donors (Lipinski definition) is 1. The maximum Gasteiger partial charge on any atom is 0.180 e. The molecule has 0 atom stereocenters. The molecule has 0 aromatic heterocycles. The molecule has 1 aromatic rings. The summed E-state index contributed by atoms with van der Waals surface area (Å²) in [4.78, 5) is 12.6. The van der Waals surface area contributed by atoms with Crippen LogP contribution in [0.3, 0.4) is 0 Å². The summed E-state index contributed by atoms with van der Waals surface area (Å²) in [6.07, 6.45) is 4.42. The van der Waals surface area contributed by atoms with Crippen LogP contribution in [0.5, 0.6) is 11.5 Å². The van der Waals surface area contributed by atoms with Crippen molar-refractivity contribution in [2.24, 2.45) is 5.41 Å². The number of rotatable bonds is 4. The van der Waals surface area contributed by atoms with Crippen LogP contribution in [-0.2, 0) is 0 Å². The molecule has 0 saturated carbocycles. The van der Waals surface area contributed by atoms with Crippen LogP contribution >= 0.6 is 0 Å². The molecule has 0 amide bonds. The standard InChI is InChI=1S/C15H16O3/c1-3-8-15(9-4-2)10-18-12-7-5-6-11(16)13(12)14(15)17/h3-7,16H,1-2,8-10H2. The predicted octanol–water partition coefficient (Wildman–Crippen LogP) is 3.11. The summed E-state index contributed by atoms with van der Waals surface area (Å²) in [5.74, 6) is 0.320. The second kappa shape index (κ2) is 4.69. The largest absolute Gasteiger partial charge is 0.507 e. The molecule has 0 fully saturated rings. The molecule has 1 aliphatic rings. The van der Waals surface area contributed by atoms with Crippen LogP contribution in [0.15, 0.2) is 43.5 Å². The molecule has 0 saturated heterocycles. The Labute approximate surface area is 106 Å². The molecule has 3 nitrogen and oxygen atoms in total. The second-order valence-electron chi connectivity index (χ2n) is 4.53. The number of benzene rings is 1. The Morgan fingerprint density at radius 3 is 2.61 bits per heavy atom. The average molecular weight is 244 g/mol. The van der Waals surface area contributed by atoms with E-state index in [4.69, 9.17) is 4.74 Å². The Hall–Kier alpha value is -2.03. The highest BCUT2D eigenvalue weighted by Gasteiger charge is 2.43. The molecule has 0 spiro atoms. The van der Waals surface area contributed by atoms with Gasteiger partial charge in [0.1, 0.15) is 23.7 Å². The number of carbonyl (C=O) groups excluding carboxylic acids is 1. The highest BCUT2D eigenvalue weighted by atomic mass is 16.5. The molecule has 2 rings (SSSR count). The fourth-order valence-corrected chi connectivity index (χ4v) is 2.35. The van der Waals surface area contributed by atoms with Crippen molar-refractivity contribution in [3.8, 4) is 11.5 Å². The lowest BCUT2D eigenvalue weighted by Crippen LogP contribution is -2.40. The van der Waals surface area contributed by atoms with Crippen molar-refractivity contribution in [3.05, 3.63) is 49.1 Å². The Balaban J connectivity index is 2.51. The molecule has 1 aromatic carbocycles. The van der Waals surface area contributed by atoms with E-state index in [0.717, 1.165) is 0 Å². The van der Waals surface area contributed by atoms with Crippen LogP contribution in [0.2, 0.25) is 0 Å². The van der Waals surface area contributed by atoms with E-state index >= 15 is 0 Å². The first kappa shape index (κ1) is 12.4. The maximum atomic E-state index is 12.6. The zero-order chi connectivity index (χ0) is 13.2. The summed E-state index contributed by atoms with van der Waals surface area (Å²) in [5, 5.41) is 9.84. The lowest BCUT2D eigenvalue weighted by molar-refractivity contribution is 0.0613. The number of ether oxygens (including phenoxy) is 1. The Morgan fingerprint density at radius 1 is 1.33 bits per heavy atom. The zero-order valence-corrected chi connectivity index (χ0v) is 10.2. The minimum atomic E-state index is -0.685. The number of phenols is 1. The predicted molar refractivity (Wildman–Crippen MR) is 70.0 cm³/mol. The number of carbonyl (C=O) groups is 1. The van der Waals surface area contributed by atoms with Crippen molar-refractivity contribution in [3.63, 3.8) is 0 Å². The van der Waals surface area contributed by atoms with E-state index in [1.165, 1.54) is 6.07 Å². The van der Waals surface area contributed by atoms with Gasteiger partial charge in [0.2, 0.25) is 0 Å². The van der Waals surface area contributed by atoms with Gasteiger partial charge in [-0.1, -0.05) is 18.2 Å². The van der Waals surface area contributed by atoms with Gasteiger partial charge in [-0.05, 0) is 25.0 Å². The van der Waals surface area contributed by atoms with Gasteiger partial charge in [-0.3, -0.25) is 4.79 Å². The van der Waals surface area contributed by atoms with Crippen molar-refractivity contribution in [1.29, 1.82) is 0 Å². The number of phenolic OH excluding ortho intramolecular Hbond substituents is 1. The van der Waals surface area contributed by atoms with Crippen molar-refractivity contribution in [2.45, 2.75) is 12.8 Å². The van der Waals surface area contributed by atoms with E-state index in [0.29, 0.717) is 25.2 Å². The van der Waals surface area contributed by atoms with E-state index < -0.39 is 5.41 Å². The van der Waals surface area contributed by atoms with Crippen LogP contribution in [0, 0.1) is 5.41 Å². The number of aromatic hydroxyl groups is 1. The quantitative estimate of drug-likeness (QED) is 0.828. The van der Waals surface area contributed by atoms with Crippen molar-refractivity contribution in [2.75, 3.05) is 6.61 Å². The molecule has 94 valence electrons. The first-order valence-corrected chi connectivity index (χ1v) is 5.86. The van der Waals surface area contributed by atoms with Gasteiger partial charge in [0.15, 0.2) is 5.78 Å². The third-order valence-electron chi connectivity index (χ3n) is 3.29. The molecule has 3 heteroatoms. The molecule has 18 heavy (non-hydrogen) atoms. The highest BCUT2D eigenvalue weighted by molar-refractivity contribution is 6.06. The second-order valence-corrected chi connectivity index (χ2v) is 4.53. The van der Waals surface area contributed by atoms with Gasteiger partial charge in [-0.25, -0.2) is 0 Å². The summed E-state index contributed by atoms with van der Waals surface area (Å²) in [5.41, 5.74) is -0.414. The van der Waals surface area contributed by atoms with Crippen molar-refractivity contribution >= 4 is 5.78 Å². The van der Waals surface area contributed by atoms with Crippen molar-refractivity contribution in [1.82, 2.24) is 0 Å². The van der Waals surface area contributed by atoms with E-state index in [-0.39, 0.29) is 17.1 Å². The molecule has 0 aliphatic carbocycles. The number of Topliss-reactive ketones (excluding diaryl/α,β-unsaturated/α-hetero) is 1. The maximum absolute atomic E-state index is 12.6. The normalized spacial score (nSPS) is 16.6. The number of ketones is 1. The molecule has 1 heterocycles. The number of hydrogen-bond acceptors (Lipinski definition) is 3. The topological polar surface area (TPSA) is 46.5 Å².